The fourth-order valence-corrected chi connectivity index (χ4v) is 2.93. The lowest BCUT2D eigenvalue weighted by molar-refractivity contribution is 0.546. The lowest BCUT2D eigenvalue weighted by Gasteiger charge is -2.25. The van der Waals surface area contributed by atoms with Crippen molar-refractivity contribution in [3.8, 4) is 0 Å². The van der Waals surface area contributed by atoms with Gasteiger partial charge in [0.15, 0.2) is 0 Å². The maximum atomic E-state index is 4.41. The minimum absolute atomic E-state index is 0.880. The summed E-state index contributed by atoms with van der Waals surface area (Å²) in [6.45, 7) is 4.13. The van der Waals surface area contributed by atoms with E-state index < -0.39 is 0 Å². The van der Waals surface area contributed by atoms with Crippen LogP contribution in [0.2, 0.25) is 0 Å². The van der Waals surface area contributed by atoms with Crippen molar-refractivity contribution in [1.29, 1.82) is 0 Å². The molecule has 1 aliphatic carbocycles. The summed E-state index contributed by atoms with van der Waals surface area (Å²) in [5.74, 6) is 0.880. The number of nitrogens with one attached hydrogen (secondary N) is 1. The van der Waals surface area contributed by atoms with E-state index in [2.05, 4.69) is 35.2 Å². The fourth-order valence-electron chi connectivity index (χ4n) is 2.93. The average molecular weight is 247 g/mol. The lowest BCUT2D eigenvalue weighted by Crippen LogP contribution is -2.26. The van der Waals surface area contributed by atoms with E-state index >= 15 is 0 Å². The first-order valence-electron chi connectivity index (χ1n) is 7.02. The first-order chi connectivity index (χ1) is 8.70. The van der Waals surface area contributed by atoms with Crippen LogP contribution in [-0.4, -0.2) is 25.6 Å². The van der Waals surface area contributed by atoms with Gasteiger partial charge in [-0.2, -0.15) is 0 Å². The van der Waals surface area contributed by atoms with E-state index in [1.165, 1.54) is 43.5 Å². The lowest BCUT2D eigenvalue weighted by atomic mass is 10.1. The molecule has 2 rings (SSSR count). The molecule has 1 aliphatic rings. The van der Waals surface area contributed by atoms with Gasteiger partial charge in [-0.1, -0.05) is 12.8 Å². The van der Waals surface area contributed by atoms with Gasteiger partial charge < -0.3 is 10.2 Å². The normalized spacial score (nSPS) is 16.2. The highest BCUT2D eigenvalue weighted by Gasteiger charge is 2.18. The van der Waals surface area contributed by atoms with E-state index in [1.807, 2.05) is 13.2 Å². The standard InChI is InChI=1S/C15H25N3/c1-12-8-15(14(9-16-2)10-17-12)18(3)11-13-6-4-5-7-13/h8,10,13,16H,4-7,9,11H2,1-3H3. The summed E-state index contributed by atoms with van der Waals surface area (Å²) in [6.07, 6.45) is 7.63. The third-order valence-corrected chi connectivity index (χ3v) is 3.88. The van der Waals surface area contributed by atoms with Crippen molar-refractivity contribution in [3.05, 3.63) is 23.5 Å². The van der Waals surface area contributed by atoms with Gasteiger partial charge in [-0.15, -0.1) is 0 Å². The summed E-state index contributed by atoms with van der Waals surface area (Å²) in [5.41, 5.74) is 3.73. The van der Waals surface area contributed by atoms with Crippen molar-refractivity contribution in [2.24, 2.45) is 5.92 Å². The summed E-state index contributed by atoms with van der Waals surface area (Å²) in [5, 5.41) is 3.23. The van der Waals surface area contributed by atoms with Gasteiger partial charge in [0, 0.05) is 43.3 Å². The fraction of sp³-hybridized carbons (Fsp3) is 0.667. The molecule has 1 aromatic heterocycles. The Morgan fingerprint density at radius 2 is 2.11 bits per heavy atom. The number of aryl methyl sites for hydroxylation is 1. The van der Waals surface area contributed by atoms with Gasteiger partial charge in [0.25, 0.3) is 0 Å². The molecule has 0 bridgehead atoms. The molecular formula is C15H25N3. The molecule has 1 fully saturated rings. The van der Waals surface area contributed by atoms with Gasteiger partial charge in [-0.3, -0.25) is 4.98 Å². The van der Waals surface area contributed by atoms with Crippen LogP contribution in [-0.2, 0) is 6.54 Å². The Morgan fingerprint density at radius 3 is 2.78 bits per heavy atom. The van der Waals surface area contributed by atoms with Crippen LogP contribution in [0.3, 0.4) is 0 Å². The topological polar surface area (TPSA) is 28.2 Å². The van der Waals surface area contributed by atoms with Crippen LogP contribution in [0.4, 0.5) is 5.69 Å². The zero-order valence-corrected chi connectivity index (χ0v) is 11.9. The highest BCUT2D eigenvalue weighted by atomic mass is 15.1. The Kier molecular flexibility index (Phi) is 4.59. The molecule has 0 saturated heterocycles. The molecule has 0 unspecified atom stereocenters. The van der Waals surface area contributed by atoms with E-state index in [9.17, 15) is 0 Å². The molecule has 100 valence electrons. The van der Waals surface area contributed by atoms with Crippen molar-refractivity contribution in [2.45, 2.75) is 39.2 Å². The summed E-state index contributed by atoms with van der Waals surface area (Å²) < 4.78 is 0. The van der Waals surface area contributed by atoms with E-state index in [1.54, 1.807) is 0 Å². The monoisotopic (exact) mass is 247 g/mol. The van der Waals surface area contributed by atoms with Crippen molar-refractivity contribution in [3.63, 3.8) is 0 Å². The van der Waals surface area contributed by atoms with Crippen LogP contribution in [0.1, 0.15) is 36.9 Å². The first-order valence-corrected chi connectivity index (χ1v) is 7.02. The predicted molar refractivity (Wildman–Crippen MR) is 77.0 cm³/mol. The van der Waals surface area contributed by atoms with Crippen molar-refractivity contribution in [1.82, 2.24) is 10.3 Å². The maximum Gasteiger partial charge on any atom is 0.0443 e. The molecular weight excluding hydrogens is 222 g/mol. The molecule has 1 heterocycles. The summed E-state index contributed by atoms with van der Waals surface area (Å²) in [6, 6.07) is 2.21. The Hall–Kier alpha value is -1.09. The number of aromatic nitrogens is 1. The van der Waals surface area contributed by atoms with Gasteiger partial charge in [-0.05, 0) is 38.8 Å². The molecule has 0 amide bonds. The number of nitrogens with zero attached hydrogens (tertiary/aromatic N) is 2. The number of anilines is 1. The van der Waals surface area contributed by atoms with Crippen LogP contribution >= 0.6 is 0 Å². The highest BCUT2D eigenvalue weighted by molar-refractivity contribution is 5.53. The second-order valence-corrected chi connectivity index (χ2v) is 5.52. The smallest absolute Gasteiger partial charge is 0.0443 e. The Labute approximate surface area is 111 Å². The molecule has 1 saturated carbocycles. The van der Waals surface area contributed by atoms with Crippen LogP contribution < -0.4 is 10.2 Å². The van der Waals surface area contributed by atoms with Crippen LogP contribution in [0.5, 0.6) is 0 Å². The van der Waals surface area contributed by atoms with E-state index in [-0.39, 0.29) is 0 Å². The van der Waals surface area contributed by atoms with Crippen LogP contribution in [0.15, 0.2) is 12.3 Å². The predicted octanol–water partition coefficient (Wildman–Crippen LogP) is 2.74. The Bertz CT molecular complexity index is 383. The second kappa shape index (κ2) is 6.19. The summed E-state index contributed by atoms with van der Waals surface area (Å²) in [7, 11) is 4.20. The number of hydrogen-bond acceptors (Lipinski definition) is 3. The molecule has 1 N–H and O–H groups in total. The molecule has 0 spiro atoms. The summed E-state index contributed by atoms with van der Waals surface area (Å²) in [4.78, 5) is 6.82. The van der Waals surface area contributed by atoms with E-state index in [4.69, 9.17) is 0 Å². The second-order valence-electron chi connectivity index (χ2n) is 5.52. The Morgan fingerprint density at radius 1 is 1.39 bits per heavy atom. The van der Waals surface area contributed by atoms with Crippen molar-refractivity contribution in [2.75, 3.05) is 25.5 Å². The average Bonchev–Trinajstić information content (AvgIpc) is 2.84. The van der Waals surface area contributed by atoms with Gasteiger partial charge >= 0.3 is 0 Å². The molecule has 0 aliphatic heterocycles. The van der Waals surface area contributed by atoms with Crippen molar-refractivity contribution < 1.29 is 0 Å². The molecule has 0 radical (unpaired) electrons. The quantitative estimate of drug-likeness (QED) is 0.867. The maximum absolute atomic E-state index is 4.41. The van der Waals surface area contributed by atoms with Gasteiger partial charge in [-0.25, -0.2) is 0 Å². The molecule has 0 atom stereocenters. The van der Waals surface area contributed by atoms with Gasteiger partial charge in [0.05, 0.1) is 0 Å². The number of hydrogen-bond donors (Lipinski definition) is 1. The third kappa shape index (κ3) is 3.22. The highest BCUT2D eigenvalue weighted by Crippen LogP contribution is 2.28. The van der Waals surface area contributed by atoms with Crippen LogP contribution in [0.25, 0.3) is 0 Å². The Balaban J connectivity index is 2.11. The molecule has 3 nitrogen and oxygen atoms in total. The molecule has 18 heavy (non-hydrogen) atoms. The van der Waals surface area contributed by atoms with E-state index in [0.717, 1.165) is 18.2 Å². The zero-order valence-electron chi connectivity index (χ0n) is 11.9. The minimum atomic E-state index is 0.880. The van der Waals surface area contributed by atoms with Crippen molar-refractivity contribution >= 4 is 5.69 Å². The number of pyridine rings is 1. The summed E-state index contributed by atoms with van der Waals surface area (Å²) >= 11 is 0. The largest absolute Gasteiger partial charge is 0.374 e. The third-order valence-electron chi connectivity index (χ3n) is 3.88. The van der Waals surface area contributed by atoms with E-state index in [0.29, 0.717) is 0 Å². The first kappa shape index (κ1) is 13.3. The molecule has 3 heteroatoms. The van der Waals surface area contributed by atoms with Crippen LogP contribution in [0, 0.1) is 12.8 Å². The van der Waals surface area contributed by atoms with Gasteiger partial charge in [0.2, 0.25) is 0 Å². The molecule has 1 aromatic rings. The van der Waals surface area contributed by atoms with Gasteiger partial charge in [0.1, 0.15) is 0 Å². The minimum Gasteiger partial charge on any atom is -0.374 e. The molecule has 0 aromatic carbocycles. The SMILES string of the molecule is CNCc1cnc(C)cc1N(C)CC1CCCC1. The zero-order chi connectivity index (χ0) is 13.0. The number of rotatable bonds is 5.